The third kappa shape index (κ3) is 1.97. The predicted octanol–water partition coefficient (Wildman–Crippen LogP) is 1.78. The zero-order chi connectivity index (χ0) is 9.97. The van der Waals surface area contributed by atoms with E-state index in [4.69, 9.17) is 18.1 Å². The minimum Gasteiger partial charge on any atom is -0.335 e. The molecule has 0 atom stereocenters. The van der Waals surface area contributed by atoms with Crippen molar-refractivity contribution in [1.82, 2.24) is 14.9 Å². The third-order valence-electron chi connectivity index (χ3n) is 2.97. The molecular weight excluding hydrogens is 196 g/mol. The lowest BCUT2D eigenvalue weighted by Gasteiger charge is -2.20. The fourth-order valence-electron chi connectivity index (χ4n) is 2.13. The molecule has 0 aromatic carbocycles. The number of nitrogens with two attached hydrogens (primary N) is 1. The number of nitrogens with zero attached hydrogens (tertiary/aromatic N) is 2. The van der Waals surface area contributed by atoms with Crippen molar-refractivity contribution in [2.75, 3.05) is 5.84 Å². The fraction of sp³-hybridized carbons (Fsp3) is 0.778. The summed E-state index contributed by atoms with van der Waals surface area (Å²) in [7, 11) is 0. The summed E-state index contributed by atoms with van der Waals surface area (Å²) in [5.41, 5.74) is 0. The minimum atomic E-state index is 0.510. The van der Waals surface area contributed by atoms with Crippen molar-refractivity contribution in [2.45, 2.75) is 38.5 Å². The highest BCUT2D eigenvalue weighted by Gasteiger charge is 2.16. The molecule has 1 fully saturated rings. The van der Waals surface area contributed by atoms with E-state index in [1.54, 1.807) is 0 Å². The molecule has 0 radical (unpaired) electrons. The van der Waals surface area contributed by atoms with Crippen molar-refractivity contribution < 1.29 is 0 Å². The molecule has 0 unspecified atom stereocenters. The normalized spacial score (nSPS) is 18.6. The van der Waals surface area contributed by atoms with Gasteiger partial charge >= 0.3 is 0 Å². The van der Waals surface area contributed by atoms with Crippen molar-refractivity contribution in [3.8, 4) is 0 Å². The first-order valence-electron chi connectivity index (χ1n) is 5.19. The van der Waals surface area contributed by atoms with Crippen LogP contribution in [0.3, 0.4) is 0 Å². The number of aromatic nitrogens is 3. The number of nitrogen functional groups attached to an aromatic ring is 1. The average Bonchev–Trinajstić information content (AvgIpc) is 2.52. The van der Waals surface area contributed by atoms with Gasteiger partial charge in [-0.3, -0.25) is 5.10 Å². The average molecular weight is 212 g/mol. The lowest BCUT2D eigenvalue weighted by molar-refractivity contribution is 0.349. The van der Waals surface area contributed by atoms with E-state index < -0.39 is 0 Å². The Morgan fingerprint density at radius 3 is 2.71 bits per heavy atom. The van der Waals surface area contributed by atoms with Gasteiger partial charge in [-0.15, -0.1) is 0 Å². The summed E-state index contributed by atoms with van der Waals surface area (Å²) in [5.74, 6) is 7.38. The Hall–Kier alpha value is -0.840. The zero-order valence-corrected chi connectivity index (χ0v) is 9.02. The highest BCUT2D eigenvalue weighted by Crippen LogP contribution is 2.25. The largest absolute Gasteiger partial charge is 0.335 e. The lowest BCUT2D eigenvalue weighted by atomic mass is 9.87. The predicted molar refractivity (Wildman–Crippen MR) is 57.8 cm³/mol. The van der Waals surface area contributed by atoms with Gasteiger partial charge in [0.25, 0.3) is 0 Å². The second-order valence-corrected chi connectivity index (χ2v) is 4.41. The van der Waals surface area contributed by atoms with E-state index in [-0.39, 0.29) is 0 Å². The molecule has 5 heteroatoms. The van der Waals surface area contributed by atoms with E-state index in [1.807, 2.05) is 0 Å². The summed E-state index contributed by atoms with van der Waals surface area (Å²) in [6, 6.07) is 0. The van der Waals surface area contributed by atoms with Crippen LogP contribution in [0.15, 0.2) is 0 Å². The molecule has 2 rings (SSSR count). The molecule has 0 saturated heterocycles. The van der Waals surface area contributed by atoms with Gasteiger partial charge in [0, 0.05) is 6.42 Å². The number of nitrogens with one attached hydrogen (secondary N) is 1. The first kappa shape index (κ1) is 9.71. The second kappa shape index (κ2) is 4.13. The molecular formula is C9H16N4S. The van der Waals surface area contributed by atoms with Crippen LogP contribution in [0, 0.1) is 10.7 Å². The lowest BCUT2D eigenvalue weighted by Crippen LogP contribution is -2.17. The second-order valence-electron chi connectivity index (χ2n) is 4.02. The molecule has 0 spiro atoms. The van der Waals surface area contributed by atoms with Crippen molar-refractivity contribution in [2.24, 2.45) is 5.92 Å². The molecule has 3 N–H and O–H groups in total. The van der Waals surface area contributed by atoms with Crippen molar-refractivity contribution in [3.63, 3.8) is 0 Å². The molecule has 1 aromatic rings. The quantitative estimate of drug-likeness (QED) is 0.580. The molecule has 1 aliphatic carbocycles. The van der Waals surface area contributed by atoms with E-state index in [9.17, 15) is 0 Å². The molecule has 1 heterocycles. The van der Waals surface area contributed by atoms with Crippen molar-refractivity contribution >= 4 is 12.2 Å². The molecule has 0 amide bonds. The smallest absolute Gasteiger partial charge is 0.214 e. The fourth-order valence-corrected chi connectivity index (χ4v) is 2.28. The van der Waals surface area contributed by atoms with Gasteiger partial charge in [0.1, 0.15) is 0 Å². The van der Waals surface area contributed by atoms with Gasteiger partial charge in [0.15, 0.2) is 5.82 Å². The Morgan fingerprint density at radius 1 is 1.43 bits per heavy atom. The first-order valence-corrected chi connectivity index (χ1v) is 5.59. The third-order valence-corrected chi connectivity index (χ3v) is 3.26. The van der Waals surface area contributed by atoms with Crippen LogP contribution in [-0.4, -0.2) is 14.9 Å². The molecule has 4 nitrogen and oxygen atoms in total. The van der Waals surface area contributed by atoms with Crippen LogP contribution in [0.2, 0.25) is 0 Å². The molecule has 0 aliphatic heterocycles. The molecule has 0 bridgehead atoms. The highest BCUT2D eigenvalue weighted by atomic mass is 32.1. The van der Waals surface area contributed by atoms with Crippen LogP contribution in [0.1, 0.15) is 37.9 Å². The summed E-state index contributed by atoms with van der Waals surface area (Å²) < 4.78 is 2.00. The Labute approximate surface area is 88.5 Å². The van der Waals surface area contributed by atoms with E-state index >= 15 is 0 Å². The van der Waals surface area contributed by atoms with E-state index in [0.717, 1.165) is 18.2 Å². The van der Waals surface area contributed by atoms with Gasteiger partial charge in [-0.05, 0) is 18.1 Å². The minimum absolute atomic E-state index is 0.510. The summed E-state index contributed by atoms with van der Waals surface area (Å²) in [4.78, 5) is 0. The van der Waals surface area contributed by atoms with Crippen molar-refractivity contribution in [3.05, 3.63) is 10.6 Å². The summed E-state index contributed by atoms with van der Waals surface area (Å²) in [6.45, 7) is 0. The summed E-state index contributed by atoms with van der Waals surface area (Å²) in [6.07, 6.45) is 7.65. The van der Waals surface area contributed by atoms with Gasteiger partial charge in [-0.2, -0.15) is 5.10 Å². The van der Waals surface area contributed by atoms with Gasteiger partial charge in [0.05, 0.1) is 0 Å². The Kier molecular flexibility index (Phi) is 2.86. The molecule has 14 heavy (non-hydrogen) atoms. The number of rotatable bonds is 2. The number of hydrogen-bond donors (Lipinski definition) is 2. The van der Waals surface area contributed by atoms with E-state index in [2.05, 4.69) is 10.2 Å². The summed E-state index contributed by atoms with van der Waals surface area (Å²) >= 11 is 4.96. The van der Waals surface area contributed by atoms with Crippen LogP contribution in [0.5, 0.6) is 0 Å². The Balaban J connectivity index is 2.02. The van der Waals surface area contributed by atoms with E-state index in [1.165, 1.54) is 36.8 Å². The van der Waals surface area contributed by atoms with E-state index in [0.29, 0.717) is 4.77 Å². The number of H-pyrrole nitrogens is 1. The molecule has 1 saturated carbocycles. The number of aromatic amines is 1. The van der Waals surface area contributed by atoms with Crippen LogP contribution >= 0.6 is 12.2 Å². The van der Waals surface area contributed by atoms with Gasteiger partial charge in [0.2, 0.25) is 4.77 Å². The van der Waals surface area contributed by atoms with Crippen LogP contribution in [0.4, 0.5) is 0 Å². The molecule has 78 valence electrons. The molecule has 1 aliphatic rings. The monoisotopic (exact) mass is 212 g/mol. The first-order chi connectivity index (χ1) is 6.77. The highest BCUT2D eigenvalue weighted by molar-refractivity contribution is 7.71. The zero-order valence-electron chi connectivity index (χ0n) is 8.20. The summed E-state index contributed by atoms with van der Waals surface area (Å²) in [5, 5.41) is 6.85. The molecule has 1 aromatic heterocycles. The van der Waals surface area contributed by atoms with Crippen molar-refractivity contribution in [1.29, 1.82) is 0 Å². The Bertz CT molecular complexity index is 348. The number of hydrogen-bond acceptors (Lipinski definition) is 3. The maximum absolute atomic E-state index is 5.74. The SMILES string of the molecule is Nn1c(CC2CCCCC2)n[nH]c1=S. The van der Waals surface area contributed by atoms with Crippen LogP contribution in [0.25, 0.3) is 0 Å². The topological polar surface area (TPSA) is 59.6 Å². The Morgan fingerprint density at radius 2 is 2.14 bits per heavy atom. The van der Waals surface area contributed by atoms with Crippen LogP contribution < -0.4 is 5.84 Å². The standard InChI is InChI=1S/C9H16N4S/c10-13-8(11-12-9(13)14)6-7-4-2-1-3-5-7/h7H,1-6,10H2,(H,12,14). The van der Waals surface area contributed by atoms with Gasteiger partial charge in [-0.1, -0.05) is 32.1 Å². The van der Waals surface area contributed by atoms with Crippen LogP contribution in [-0.2, 0) is 6.42 Å². The van der Waals surface area contributed by atoms with Gasteiger partial charge in [-0.25, -0.2) is 4.68 Å². The van der Waals surface area contributed by atoms with Gasteiger partial charge < -0.3 is 5.84 Å². The maximum Gasteiger partial charge on any atom is 0.214 e. The maximum atomic E-state index is 5.74.